The van der Waals surface area contributed by atoms with E-state index in [2.05, 4.69) is 58.1 Å². The van der Waals surface area contributed by atoms with Crippen LogP contribution in [0.1, 0.15) is 35.2 Å². The Kier molecular flexibility index (Phi) is 2.84. The van der Waals surface area contributed by atoms with Crippen LogP contribution in [0.25, 0.3) is 0 Å². The lowest BCUT2D eigenvalue weighted by Gasteiger charge is -2.21. The minimum Gasteiger partial charge on any atom is -0.256 e. The van der Waals surface area contributed by atoms with Crippen LogP contribution in [0.3, 0.4) is 0 Å². The van der Waals surface area contributed by atoms with Crippen LogP contribution in [0.2, 0.25) is 0 Å². The van der Waals surface area contributed by atoms with Gasteiger partial charge < -0.3 is 0 Å². The molecule has 0 amide bonds. The van der Waals surface area contributed by atoms with Crippen molar-refractivity contribution in [2.24, 2.45) is 4.99 Å². The summed E-state index contributed by atoms with van der Waals surface area (Å²) < 4.78 is 0.520. The predicted octanol–water partition coefficient (Wildman–Crippen LogP) is 4.75. The van der Waals surface area contributed by atoms with Crippen LogP contribution in [-0.4, -0.2) is 6.21 Å². The number of nitrogens with zero attached hydrogens (tertiary/aromatic N) is 1. The second kappa shape index (κ2) is 4.32. The molecule has 1 heterocycles. The van der Waals surface area contributed by atoms with Gasteiger partial charge in [-0.25, -0.2) is 0 Å². The number of hydrogen-bond donors (Lipinski definition) is 0. The lowest BCUT2D eigenvalue weighted by atomic mass is 9.89. The lowest BCUT2D eigenvalue weighted by Crippen LogP contribution is -2.04. The molecule has 2 heteroatoms. The average Bonchev–Trinajstić information content (AvgIpc) is 2.49. The van der Waals surface area contributed by atoms with E-state index in [4.69, 9.17) is 0 Å². The van der Waals surface area contributed by atoms with Crippen molar-refractivity contribution >= 4 is 34.5 Å². The van der Waals surface area contributed by atoms with Gasteiger partial charge in [-0.05, 0) is 48.5 Å². The van der Waals surface area contributed by atoms with Crippen LogP contribution in [0.5, 0.6) is 0 Å². The quantitative estimate of drug-likeness (QED) is 0.483. The fourth-order valence-corrected chi connectivity index (χ4v) is 3.78. The Labute approximate surface area is 110 Å². The van der Waals surface area contributed by atoms with E-state index in [1.54, 1.807) is 5.57 Å². The molecule has 0 fully saturated rings. The smallest absolute Gasteiger partial charge is 0.0675 e. The molecule has 1 atom stereocenters. The fraction of sp³-hybridized carbons (Fsp3) is 0.357. The van der Waals surface area contributed by atoms with Crippen molar-refractivity contribution in [3.05, 3.63) is 41.0 Å². The van der Waals surface area contributed by atoms with Crippen molar-refractivity contribution in [1.29, 1.82) is 0 Å². The summed E-state index contributed by atoms with van der Waals surface area (Å²) in [6.45, 7) is 0. The molecule has 1 aliphatic carbocycles. The average molecular weight is 323 g/mol. The van der Waals surface area contributed by atoms with Gasteiger partial charge >= 0.3 is 0 Å². The molecule has 0 N–H and O–H groups in total. The molecule has 3 rings (SSSR count). The third kappa shape index (κ3) is 1.73. The second-order valence-electron chi connectivity index (χ2n) is 4.44. The Morgan fingerprint density at radius 1 is 1.12 bits per heavy atom. The first-order chi connectivity index (χ1) is 7.86. The first-order valence-electron chi connectivity index (χ1n) is 5.85. The van der Waals surface area contributed by atoms with Crippen LogP contribution < -0.4 is 0 Å². The zero-order valence-corrected chi connectivity index (χ0v) is 11.3. The van der Waals surface area contributed by atoms with Crippen molar-refractivity contribution < 1.29 is 0 Å². The monoisotopic (exact) mass is 323 g/mol. The van der Waals surface area contributed by atoms with Gasteiger partial charge in [0, 0.05) is 6.21 Å². The van der Waals surface area contributed by atoms with E-state index in [0.717, 1.165) is 5.69 Å². The molecule has 0 saturated carbocycles. The number of halogens is 1. The van der Waals surface area contributed by atoms with Gasteiger partial charge in [0.05, 0.1) is 9.61 Å². The molecule has 0 bridgehead atoms. The van der Waals surface area contributed by atoms with Gasteiger partial charge in [-0.1, -0.05) is 40.8 Å². The number of allylic oxidation sites excluding steroid dienone is 2. The summed E-state index contributed by atoms with van der Waals surface area (Å²) >= 11 is 2.57. The van der Waals surface area contributed by atoms with Crippen molar-refractivity contribution in [2.75, 3.05) is 0 Å². The SMILES string of the molecule is IC1C2=C(C=Nc3ccccc31)CCCC2. The van der Waals surface area contributed by atoms with E-state index in [1.165, 1.54) is 36.8 Å². The van der Waals surface area contributed by atoms with Gasteiger partial charge in [0.25, 0.3) is 0 Å². The summed E-state index contributed by atoms with van der Waals surface area (Å²) in [5.74, 6) is 0. The van der Waals surface area contributed by atoms with E-state index in [9.17, 15) is 0 Å². The van der Waals surface area contributed by atoms with E-state index < -0.39 is 0 Å². The van der Waals surface area contributed by atoms with Crippen LogP contribution in [0.15, 0.2) is 40.4 Å². The van der Waals surface area contributed by atoms with E-state index in [-0.39, 0.29) is 0 Å². The van der Waals surface area contributed by atoms with Gasteiger partial charge in [0.2, 0.25) is 0 Å². The molecule has 0 aromatic heterocycles. The van der Waals surface area contributed by atoms with Gasteiger partial charge in [-0.2, -0.15) is 0 Å². The van der Waals surface area contributed by atoms with Gasteiger partial charge in [0.1, 0.15) is 0 Å². The molecule has 1 aromatic rings. The maximum atomic E-state index is 4.63. The first kappa shape index (κ1) is 10.5. The first-order valence-corrected chi connectivity index (χ1v) is 7.10. The maximum absolute atomic E-state index is 4.63. The number of benzene rings is 1. The molecule has 0 radical (unpaired) electrons. The number of rotatable bonds is 0. The molecular weight excluding hydrogens is 309 g/mol. The minimum atomic E-state index is 0.520. The summed E-state index contributed by atoms with van der Waals surface area (Å²) in [4.78, 5) is 4.63. The van der Waals surface area contributed by atoms with E-state index in [1.807, 2.05) is 0 Å². The Bertz CT molecular complexity index is 473. The fourth-order valence-electron chi connectivity index (χ4n) is 2.54. The van der Waals surface area contributed by atoms with Crippen LogP contribution in [0.4, 0.5) is 5.69 Å². The molecule has 2 aliphatic rings. The normalized spacial score (nSPS) is 23.7. The highest BCUT2D eigenvalue weighted by Crippen LogP contribution is 2.44. The number of aliphatic imine (C=N–C) groups is 1. The predicted molar refractivity (Wildman–Crippen MR) is 76.8 cm³/mol. The Morgan fingerprint density at radius 3 is 2.88 bits per heavy atom. The number of fused-ring (bicyclic) bond motifs is 1. The number of hydrogen-bond acceptors (Lipinski definition) is 1. The maximum Gasteiger partial charge on any atom is 0.0675 e. The third-order valence-electron chi connectivity index (χ3n) is 3.43. The molecule has 0 saturated heterocycles. The van der Waals surface area contributed by atoms with E-state index in [0.29, 0.717) is 3.92 Å². The second-order valence-corrected chi connectivity index (χ2v) is 5.68. The summed E-state index contributed by atoms with van der Waals surface area (Å²) in [6, 6.07) is 8.53. The molecule has 1 aliphatic heterocycles. The highest BCUT2D eigenvalue weighted by Gasteiger charge is 2.23. The molecule has 16 heavy (non-hydrogen) atoms. The zero-order valence-electron chi connectivity index (χ0n) is 9.12. The van der Waals surface area contributed by atoms with Crippen molar-refractivity contribution in [3.63, 3.8) is 0 Å². The topological polar surface area (TPSA) is 12.4 Å². The molecular formula is C14H14IN. The third-order valence-corrected chi connectivity index (χ3v) is 4.85. The summed E-state index contributed by atoms with van der Waals surface area (Å²) in [5, 5.41) is 0. The van der Waals surface area contributed by atoms with Crippen LogP contribution >= 0.6 is 22.6 Å². The highest BCUT2D eigenvalue weighted by atomic mass is 127. The molecule has 0 spiro atoms. The minimum absolute atomic E-state index is 0.520. The summed E-state index contributed by atoms with van der Waals surface area (Å²) in [7, 11) is 0. The van der Waals surface area contributed by atoms with Crippen LogP contribution in [-0.2, 0) is 0 Å². The van der Waals surface area contributed by atoms with Crippen molar-refractivity contribution in [3.8, 4) is 0 Å². The molecule has 1 unspecified atom stereocenters. The lowest BCUT2D eigenvalue weighted by molar-refractivity contribution is 0.679. The molecule has 82 valence electrons. The van der Waals surface area contributed by atoms with Gasteiger partial charge in [-0.3, -0.25) is 4.99 Å². The molecule has 1 nitrogen and oxygen atoms in total. The Hall–Kier alpha value is -0.640. The Balaban J connectivity index is 2.13. The summed E-state index contributed by atoms with van der Waals surface area (Å²) in [6.07, 6.45) is 7.24. The number of para-hydroxylation sites is 1. The zero-order chi connectivity index (χ0) is 11.0. The van der Waals surface area contributed by atoms with Gasteiger partial charge in [0.15, 0.2) is 0 Å². The highest BCUT2D eigenvalue weighted by molar-refractivity contribution is 14.1. The van der Waals surface area contributed by atoms with Gasteiger partial charge in [-0.15, -0.1) is 0 Å². The Morgan fingerprint density at radius 2 is 1.94 bits per heavy atom. The van der Waals surface area contributed by atoms with E-state index >= 15 is 0 Å². The largest absolute Gasteiger partial charge is 0.256 e. The van der Waals surface area contributed by atoms with Crippen LogP contribution in [0, 0.1) is 0 Å². The van der Waals surface area contributed by atoms with Crippen molar-refractivity contribution in [1.82, 2.24) is 0 Å². The number of alkyl halides is 1. The summed E-state index contributed by atoms with van der Waals surface area (Å²) in [5.41, 5.74) is 5.63. The molecule has 1 aromatic carbocycles. The standard InChI is InChI=1S/C14H14IN/c15-14-11-6-2-1-5-10(11)9-16-13-8-4-3-7-12(13)14/h3-4,7-9,14H,1-2,5-6H2. The van der Waals surface area contributed by atoms with Crippen molar-refractivity contribution in [2.45, 2.75) is 29.6 Å².